The molecule has 0 bridgehead atoms. The first-order valence-corrected chi connectivity index (χ1v) is 5.51. The van der Waals surface area contributed by atoms with E-state index in [1.807, 2.05) is 44.3 Å². The number of aromatic nitrogens is 1. The molecule has 0 fully saturated rings. The predicted octanol–water partition coefficient (Wildman–Crippen LogP) is 2.35. The minimum atomic E-state index is 0.674. The van der Waals surface area contributed by atoms with Crippen molar-refractivity contribution in [3.63, 3.8) is 0 Å². The van der Waals surface area contributed by atoms with E-state index in [4.69, 9.17) is 4.74 Å². The van der Waals surface area contributed by atoms with Crippen molar-refractivity contribution in [2.75, 3.05) is 13.7 Å². The first kappa shape index (κ1) is 10.9. The lowest BCUT2D eigenvalue weighted by atomic mass is 10.2. The second-order valence-corrected chi connectivity index (χ2v) is 3.59. The third-order valence-corrected chi connectivity index (χ3v) is 2.39. The topological polar surface area (TPSA) is 34.1 Å². The summed E-state index contributed by atoms with van der Waals surface area (Å²) in [6.07, 6.45) is 0. The summed E-state index contributed by atoms with van der Waals surface area (Å²) in [6.45, 7) is 3.42. The van der Waals surface area contributed by atoms with Crippen LogP contribution in [0.2, 0.25) is 0 Å². The number of benzene rings is 1. The summed E-state index contributed by atoms with van der Waals surface area (Å²) in [5.41, 5.74) is 1.99. The minimum absolute atomic E-state index is 0.674. The maximum atomic E-state index is 5.64. The molecule has 0 aliphatic carbocycles. The number of hydrogen-bond acceptors (Lipinski definition) is 3. The van der Waals surface area contributed by atoms with Crippen molar-refractivity contribution in [2.45, 2.75) is 13.5 Å². The molecule has 0 saturated carbocycles. The monoisotopic (exact) mass is 216 g/mol. The molecule has 1 aromatic carbocycles. The smallest absolute Gasteiger partial charge is 0.130 e. The van der Waals surface area contributed by atoms with Gasteiger partial charge >= 0.3 is 0 Å². The maximum absolute atomic E-state index is 5.64. The summed E-state index contributed by atoms with van der Waals surface area (Å²) in [4.78, 5) is 4.57. The van der Waals surface area contributed by atoms with Crippen LogP contribution < -0.4 is 10.1 Å². The van der Waals surface area contributed by atoms with E-state index in [2.05, 4.69) is 10.3 Å². The predicted molar refractivity (Wildman–Crippen MR) is 65.7 cm³/mol. The first-order valence-electron chi connectivity index (χ1n) is 5.51. The molecule has 0 spiro atoms. The van der Waals surface area contributed by atoms with Gasteiger partial charge in [-0.15, -0.1) is 0 Å². The van der Waals surface area contributed by atoms with Gasteiger partial charge in [-0.1, -0.05) is 12.1 Å². The van der Waals surface area contributed by atoms with Gasteiger partial charge in [0.05, 0.1) is 17.8 Å². The molecular weight excluding hydrogens is 200 g/mol. The summed E-state index contributed by atoms with van der Waals surface area (Å²) in [6, 6.07) is 10.0. The number of nitrogens with zero attached hydrogens (tertiary/aromatic N) is 1. The Morgan fingerprint density at radius 3 is 2.88 bits per heavy atom. The van der Waals surface area contributed by atoms with Gasteiger partial charge < -0.3 is 10.1 Å². The fourth-order valence-electron chi connectivity index (χ4n) is 1.74. The van der Waals surface area contributed by atoms with Gasteiger partial charge in [0, 0.05) is 18.0 Å². The highest BCUT2D eigenvalue weighted by Crippen LogP contribution is 2.25. The van der Waals surface area contributed by atoms with E-state index < -0.39 is 0 Å². The van der Waals surface area contributed by atoms with Crippen LogP contribution in [0.4, 0.5) is 0 Å². The molecule has 16 heavy (non-hydrogen) atoms. The minimum Gasteiger partial charge on any atom is -0.493 e. The van der Waals surface area contributed by atoms with Crippen LogP contribution in [0, 0.1) is 0 Å². The van der Waals surface area contributed by atoms with Gasteiger partial charge in [0.25, 0.3) is 0 Å². The molecule has 0 saturated heterocycles. The number of fused-ring (bicyclic) bond motifs is 1. The van der Waals surface area contributed by atoms with E-state index >= 15 is 0 Å². The van der Waals surface area contributed by atoms with Crippen molar-refractivity contribution in [2.24, 2.45) is 0 Å². The third kappa shape index (κ3) is 2.14. The van der Waals surface area contributed by atoms with Crippen LogP contribution in [0.15, 0.2) is 30.3 Å². The van der Waals surface area contributed by atoms with Gasteiger partial charge in [-0.25, -0.2) is 0 Å². The number of para-hydroxylation sites is 1. The zero-order valence-electron chi connectivity index (χ0n) is 9.66. The van der Waals surface area contributed by atoms with Crippen molar-refractivity contribution >= 4 is 10.9 Å². The first-order chi connectivity index (χ1) is 7.85. The molecule has 0 amide bonds. The molecular formula is C13H16N2O. The molecule has 3 nitrogen and oxygen atoms in total. The van der Waals surface area contributed by atoms with Crippen molar-refractivity contribution in [3.05, 3.63) is 36.0 Å². The molecule has 0 atom stereocenters. The second-order valence-electron chi connectivity index (χ2n) is 3.59. The Kier molecular flexibility index (Phi) is 3.37. The number of hydrogen-bond donors (Lipinski definition) is 1. The molecule has 0 unspecified atom stereocenters. The van der Waals surface area contributed by atoms with Crippen LogP contribution in [0.25, 0.3) is 10.9 Å². The van der Waals surface area contributed by atoms with Crippen LogP contribution in [-0.2, 0) is 6.54 Å². The van der Waals surface area contributed by atoms with Crippen LogP contribution in [0.5, 0.6) is 5.75 Å². The van der Waals surface area contributed by atoms with E-state index in [9.17, 15) is 0 Å². The third-order valence-electron chi connectivity index (χ3n) is 2.39. The zero-order chi connectivity index (χ0) is 11.4. The molecule has 0 aliphatic rings. The van der Waals surface area contributed by atoms with Gasteiger partial charge in [-0.05, 0) is 26.1 Å². The average Bonchev–Trinajstić information content (AvgIpc) is 2.30. The van der Waals surface area contributed by atoms with Gasteiger partial charge in [0.1, 0.15) is 5.75 Å². The second kappa shape index (κ2) is 4.94. The Hall–Kier alpha value is -1.61. The molecule has 1 heterocycles. The van der Waals surface area contributed by atoms with Crippen molar-refractivity contribution < 1.29 is 4.74 Å². The van der Waals surface area contributed by atoms with E-state index in [1.54, 1.807) is 0 Å². The summed E-state index contributed by atoms with van der Waals surface area (Å²) in [5.74, 6) is 0.915. The molecule has 2 aromatic rings. The molecule has 3 heteroatoms. The van der Waals surface area contributed by atoms with Crippen LogP contribution in [-0.4, -0.2) is 18.6 Å². The summed E-state index contributed by atoms with van der Waals surface area (Å²) >= 11 is 0. The lowest BCUT2D eigenvalue weighted by molar-refractivity contribution is 0.343. The SMILES string of the molecule is CCOc1cc(CNC)nc2ccccc12. The molecule has 2 rings (SSSR count). The van der Waals surface area contributed by atoms with E-state index in [0.717, 1.165) is 28.9 Å². The van der Waals surface area contributed by atoms with Gasteiger partial charge in [-0.2, -0.15) is 0 Å². The van der Waals surface area contributed by atoms with Crippen LogP contribution >= 0.6 is 0 Å². The van der Waals surface area contributed by atoms with E-state index in [0.29, 0.717) is 6.61 Å². The van der Waals surface area contributed by atoms with Crippen LogP contribution in [0.1, 0.15) is 12.6 Å². The fourth-order valence-corrected chi connectivity index (χ4v) is 1.74. The Morgan fingerprint density at radius 1 is 1.31 bits per heavy atom. The Labute approximate surface area is 95.5 Å². The average molecular weight is 216 g/mol. The molecule has 0 aliphatic heterocycles. The zero-order valence-corrected chi connectivity index (χ0v) is 9.66. The molecule has 1 aromatic heterocycles. The molecule has 0 radical (unpaired) electrons. The largest absolute Gasteiger partial charge is 0.493 e. The molecule has 84 valence electrons. The number of rotatable bonds is 4. The lowest BCUT2D eigenvalue weighted by Crippen LogP contribution is -2.07. The van der Waals surface area contributed by atoms with Gasteiger partial charge in [-0.3, -0.25) is 4.98 Å². The number of pyridine rings is 1. The Balaban J connectivity index is 2.54. The van der Waals surface area contributed by atoms with Crippen molar-refractivity contribution in [3.8, 4) is 5.75 Å². The van der Waals surface area contributed by atoms with Crippen LogP contribution in [0.3, 0.4) is 0 Å². The summed E-state index contributed by atoms with van der Waals surface area (Å²) in [7, 11) is 1.91. The molecule has 1 N–H and O–H groups in total. The normalized spacial score (nSPS) is 10.6. The Morgan fingerprint density at radius 2 is 2.12 bits per heavy atom. The maximum Gasteiger partial charge on any atom is 0.130 e. The highest BCUT2D eigenvalue weighted by atomic mass is 16.5. The highest BCUT2D eigenvalue weighted by molar-refractivity contribution is 5.85. The van der Waals surface area contributed by atoms with E-state index in [1.165, 1.54) is 0 Å². The Bertz CT molecular complexity index is 482. The summed E-state index contributed by atoms with van der Waals surface area (Å²) in [5, 5.41) is 4.17. The number of ether oxygens (including phenoxy) is 1. The quantitative estimate of drug-likeness (QED) is 0.851. The van der Waals surface area contributed by atoms with Gasteiger partial charge in [0.15, 0.2) is 0 Å². The highest BCUT2D eigenvalue weighted by Gasteiger charge is 2.05. The number of nitrogens with one attached hydrogen (secondary N) is 1. The summed E-state index contributed by atoms with van der Waals surface area (Å²) < 4.78 is 5.64. The standard InChI is InChI=1S/C13H16N2O/c1-3-16-13-8-10(9-14-2)15-12-7-5-4-6-11(12)13/h4-8,14H,3,9H2,1-2H3. The van der Waals surface area contributed by atoms with Gasteiger partial charge in [0.2, 0.25) is 0 Å². The van der Waals surface area contributed by atoms with Crippen molar-refractivity contribution in [1.82, 2.24) is 10.3 Å². The van der Waals surface area contributed by atoms with E-state index in [-0.39, 0.29) is 0 Å². The lowest BCUT2D eigenvalue weighted by Gasteiger charge is -2.09. The fraction of sp³-hybridized carbons (Fsp3) is 0.308. The van der Waals surface area contributed by atoms with Crippen molar-refractivity contribution in [1.29, 1.82) is 0 Å².